The highest BCUT2D eigenvalue weighted by atomic mass is 79.9. The largest absolute Gasteiger partial charge is 0.355 e. The molecule has 1 N–H and O–H groups in total. The predicted octanol–water partition coefficient (Wildman–Crippen LogP) is 7.03. The molecule has 0 saturated heterocycles. The molecule has 0 bridgehead atoms. The lowest BCUT2D eigenvalue weighted by molar-refractivity contribution is -0.386. The number of fused-ring (bicyclic) bond motifs is 2. The Labute approximate surface area is 204 Å². The Morgan fingerprint density at radius 1 is 0.906 bits per heavy atom. The normalized spacial score (nSPS) is 9.84. The van der Waals surface area contributed by atoms with Crippen LogP contribution in [0.25, 0.3) is 21.8 Å². The van der Waals surface area contributed by atoms with Gasteiger partial charge in [0.25, 0.3) is 5.43 Å². The molecule has 0 spiro atoms. The van der Waals surface area contributed by atoms with Crippen molar-refractivity contribution in [3.63, 3.8) is 0 Å². The summed E-state index contributed by atoms with van der Waals surface area (Å²) in [7, 11) is 0. The number of benzene rings is 2. The zero-order valence-corrected chi connectivity index (χ0v) is 18.6. The molecule has 0 radical (unpaired) electrons. The first-order chi connectivity index (χ1) is 14.2. The van der Waals surface area contributed by atoms with Gasteiger partial charge in [-0.2, -0.15) is 0 Å². The monoisotopic (exact) mass is 586 g/mol. The molecule has 0 saturated carbocycles. The van der Waals surface area contributed by atoms with Crippen molar-refractivity contribution in [2.24, 2.45) is 0 Å². The van der Waals surface area contributed by atoms with Crippen LogP contribution in [0.15, 0.2) is 62.5 Å². The van der Waals surface area contributed by atoms with E-state index >= 15 is 0 Å². The lowest BCUT2D eigenvalue weighted by atomic mass is 10.2. The average Bonchev–Trinajstić information content (AvgIpc) is 2.68. The van der Waals surface area contributed by atoms with Gasteiger partial charge in [0.05, 0.1) is 32.5 Å². The summed E-state index contributed by atoms with van der Waals surface area (Å²) in [6.45, 7) is 0. The number of nitrogens with one attached hydrogen (secondary N) is 1. The molecule has 0 amide bonds. The Hall–Kier alpha value is -2.89. The zero-order valence-electron chi connectivity index (χ0n) is 14.6. The fourth-order valence-electron chi connectivity index (χ4n) is 2.57. The summed E-state index contributed by atoms with van der Waals surface area (Å²) in [5.74, 6) is 0. The van der Waals surface area contributed by atoms with Gasteiger partial charge in [0.2, 0.25) is 0 Å². The molecule has 0 aliphatic heterocycles. The fourth-order valence-corrected chi connectivity index (χ4v) is 3.56. The molecule has 2 aromatic carbocycles. The molecule has 4 aromatic rings. The van der Waals surface area contributed by atoms with Crippen LogP contribution in [0.3, 0.4) is 0 Å². The van der Waals surface area contributed by atoms with Crippen molar-refractivity contribution in [3.05, 3.63) is 93.2 Å². The molecule has 0 aliphatic carbocycles. The smallest absolute Gasteiger partial charge is 0.332 e. The van der Waals surface area contributed by atoms with Crippen LogP contribution < -0.4 is 5.43 Å². The Balaban J connectivity index is 0.000000301. The van der Waals surface area contributed by atoms with Crippen LogP contribution in [0.2, 0.25) is 5.02 Å². The number of halogens is 3. The fraction of sp³-hybridized carbons (Fsp3) is 0.100. The van der Waals surface area contributed by atoms with Crippen molar-refractivity contribution in [3.8, 4) is 0 Å². The van der Waals surface area contributed by atoms with E-state index in [2.05, 4.69) is 41.8 Å². The standard InChI is InChI=1S/C9H4BrClN2O2.C9H5BrN2O3.2CH4/c10-5-1-2-6-7(3-5)12-4-8(9(6)11)13(14)15;10-5-1-2-6-7(3-5)11-4-8(9(6)13)12(14)15;;/h1-4H;1-4H,(H,11,13);2*1H4. The Bertz CT molecular complexity index is 1380. The molecule has 0 aliphatic rings. The van der Waals surface area contributed by atoms with E-state index in [1.165, 1.54) is 0 Å². The number of H-pyrrole nitrogens is 1. The van der Waals surface area contributed by atoms with E-state index in [9.17, 15) is 25.0 Å². The van der Waals surface area contributed by atoms with Gasteiger partial charge in [-0.25, -0.2) is 4.98 Å². The third kappa shape index (κ3) is 5.67. The molecule has 0 atom stereocenters. The minimum atomic E-state index is -0.694. The first-order valence-corrected chi connectivity index (χ1v) is 9.99. The zero-order chi connectivity index (χ0) is 22.0. The Morgan fingerprint density at radius 3 is 2.06 bits per heavy atom. The molecule has 0 unspecified atom stereocenters. The molecule has 168 valence electrons. The van der Waals surface area contributed by atoms with Crippen molar-refractivity contribution in [2.75, 3.05) is 0 Å². The lowest BCUT2D eigenvalue weighted by Gasteiger charge is -2.00. The van der Waals surface area contributed by atoms with E-state index < -0.39 is 21.0 Å². The second kappa shape index (κ2) is 11.1. The van der Waals surface area contributed by atoms with Gasteiger partial charge in [-0.3, -0.25) is 25.0 Å². The highest BCUT2D eigenvalue weighted by Crippen LogP contribution is 2.31. The van der Waals surface area contributed by atoms with Crippen LogP contribution in [0, 0.1) is 20.2 Å². The summed E-state index contributed by atoms with van der Waals surface area (Å²) in [6.07, 6.45) is 2.27. The number of aromatic nitrogens is 2. The first kappa shape index (κ1) is 27.1. The van der Waals surface area contributed by atoms with Gasteiger partial charge >= 0.3 is 11.4 Å². The van der Waals surface area contributed by atoms with Crippen LogP contribution in [-0.2, 0) is 0 Å². The molecule has 32 heavy (non-hydrogen) atoms. The van der Waals surface area contributed by atoms with E-state index in [1.54, 1.807) is 36.4 Å². The Morgan fingerprint density at radius 2 is 1.47 bits per heavy atom. The molecule has 2 aromatic heterocycles. The van der Waals surface area contributed by atoms with Gasteiger partial charge < -0.3 is 4.98 Å². The number of hydrogen-bond donors (Lipinski definition) is 1. The molecular formula is C20H17Br2ClN4O5. The number of aromatic amines is 1. The summed E-state index contributed by atoms with van der Waals surface area (Å²) in [6, 6.07) is 10.1. The topological polar surface area (TPSA) is 132 Å². The Kier molecular flexibility index (Phi) is 9.43. The van der Waals surface area contributed by atoms with E-state index in [0.29, 0.717) is 21.8 Å². The number of rotatable bonds is 2. The summed E-state index contributed by atoms with van der Waals surface area (Å²) in [5.41, 5.74) is 0.0116. The highest BCUT2D eigenvalue weighted by molar-refractivity contribution is 9.10. The molecule has 12 heteroatoms. The maximum absolute atomic E-state index is 11.6. The van der Waals surface area contributed by atoms with Crippen LogP contribution in [0.5, 0.6) is 0 Å². The molecular weight excluding hydrogens is 572 g/mol. The van der Waals surface area contributed by atoms with Crippen LogP contribution in [0.1, 0.15) is 14.9 Å². The van der Waals surface area contributed by atoms with Gasteiger partial charge in [-0.1, -0.05) is 58.3 Å². The molecule has 2 heterocycles. The summed E-state index contributed by atoms with van der Waals surface area (Å²) in [4.78, 5) is 38.2. The third-order valence-corrected chi connectivity index (χ3v) is 5.35. The van der Waals surface area contributed by atoms with Crippen molar-refractivity contribution < 1.29 is 9.85 Å². The predicted molar refractivity (Wildman–Crippen MR) is 133 cm³/mol. The molecule has 9 nitrogen and oxygen atoms in total. The van der Waals surface area contributed by atoms with Crippen LogP contribution >= 0.6 is 43.5 Å². The second-order valence-electron chi connectivity index (χ2n) is 5.83. The van der Waals surface area contributed by atoms with Gasteiger partial charge in [-0.05, 0) is 36.4 Å². The summed E-state index contributed by atoms with van der Waals surface area (Å²) < 4.78 is 1.66. The number of nitro groups is 2. The van der Waals surface area contributed by atoms with Crippen LogP contribution in [-0.4, -0.2) is 19.8 Å². The minimum absolute atomic E-state index is 0. The van der Waals surface area contributed by atoms with Gasteiger partial charge in [0, 0.05) is 14.3 Å². The van der Waals surface area contributed by atoms with Crippen LogP contribution in [0.4, 0.5) is 11.4 Å². The van der Waals surface area contributed by atoms with Crippen molar-refractivity contribution >= 4 is 76.6 Å². The van der Waals surface area contributed by atoms with Gasteiger partial charge in [-0.15, -0.1) is 0 Å². The van der Waals surface area contributed by atoms with Gasteiger partial charge in [0.15, 0.2) is 0 Å². The highest BCUT2D eigenvalue weighted by Gasteiger charge is 2.16. The maximum Gasteiger partial charge on any atom is 0.332 e. The third-order valence-electron chi connectivity index (χ3n) is 3.96. The quantitative estimate of drug-likeness (QED) is 0.198. The first-order valence-electron chi connectivity index (χ1n) is 8.02. The van der Waals surface area contributed by atoms with E-state index in [4.69, 9.17) is 11.6 Å². The summed E-state index contributed by atoms with van der Waals surface area (Å²) >= 11 is 12.4. The maximum atomic E-state index is 11.6. The van der Waals surface area contributed by atoms with Crippen molar-refractivity contribution in [1.82, 2.24) is 9.97 Å². The number of nitrogens with zero attached hydrogens (tertiary/aromatic N) is 3. The van der Waals surface area contributed by atoms with E-state index in [1.807, 2.05) is 0 Å². The average molecular weight is 589 g/mol. The number of pyridine rings is 2. The number of hydrogen-bond acceptors (Lipinski definition) is 6. The molecule has 0 fully saturated rings. The molecule has 4 rings (SSSR count). The minimum Gasteiger partial charge on any atom is -0.355 e. The van der Waals surface area contributed by atoms with E-state index in [-0.39, 0.29) is 25.6 Å². The lowest BCUT2D eigenvalue weighted by Crippen LogP contribution is -2.08. The van der Waals surface area contributed by atoms with Crippen molar-refractivity contribution in [1.29, 1.82) is 0 Å². The SMILES string of the molecule is C.C.O=[N+]([O-])c1cnc2cc(Br)ccc2c1Cl.O=c1c([N+](=O)[O-])c[nH]c2cc(Br)ccc12. The van der Waals surface area contributed by atoms with Crippen molar-refractivity contribution in [2.45, 2.75) is 14.9 Å². The summed E-state index contributed by atoms with van der Waals surface area (Å²) in [5, 5.41) is 22.1. The van der Waals surface area contributed by atoms with E-state index in [0.717, 1.165) is 21.3 Å². The second-order valence-corrected chi connectivity index (χ2v) is 8.04. The van der Waals surface area contributed by atoms with Gasteiger partial charge in [0.1, 0.15) is 11.2 Å².